The highest BCUT2D eigenvalue weighted by Crippen LogP contribution is 2.52. The lowest BCUT2D eigenvalue weighted by Gasteiger charge is -2.29. The SMILES string of the molecule is CCOc1ccc2c(c1F)C(F)C(F)c1c-2ccc(OCC2CCC(OCC)CC2)c1F. The van der Waals surface area contributed by atoms with Crippen LogP contribution in [0.25, 0.3) is 11.1 Å². The van der Waals surface area contributed by atoms with Crippen LogP contribution in [0.5, 0.6) is 11.5 Å². The second-order valence-electron chi connectivity index (χ2n) is 8.32. The van der Waals surface area contributed by atoms with Crippen molar-refractivity contribution in [2.24, 2.45) is 5.92 Å². The van der Waals surface area contributed by atoms with Gasteiger partial charge >= 0.3 is 0 Å². The van der Waals surface area contributed by atoms with Crippen LogP contribution in [0.2, 0.25) is 0 Å². The van der Waals surface area contributed by atoms with Gasteiger partial charge in [-0.25, -0.2) is 17.6 Å². The molecule has 1 fully saturated rings. The smallest absolute Gasteiger partial charge is 0.171 e. The fourth-order valence-electron chi connectivity index (χ4n) is 4.73. The van der Waals surface area contributed by atoms with Gasteiger partial charge in [-0.3, -0.25) is 0 Å². The van der Waals surface area contributed by atoms with Crippen molar-refractivity contribution in [1.82, 2.24) is 0 Å². The number of halogens is 4. The van der Waals surface area contributed by atoms with E-state index in [-0.39, 0.29) is 41.3 Å². The molecule has 4 rings (SSSR count). The van der Waals surface area contributed by atoms with E-state index in [2.05, 4.69) is 0 Å². The summed E-state index contributed by atoms with van der Waals surface area (Å²) in [6.45, 7) is 4.81. The average Bonchev–Trinajstić information content (AvgIpc) is 2.79. The van der Waals surface area contributed by atoms with E-state index in [0.29, 0.717) is 13.2 Å². The first-order chi connectivity index (χ1) is 15.5. The first-order valence-electron chi connectivity index (χ1n) is 11.3. The van der Waals surface area contributed by atoms with Crippen LogP contribution >= 0.6 is 0 Å². The number of hydrogen-bond donors (Lipinski definition) is 0. The molecule has 2 aromatic carbocycles. The Labute approximate surface area is 185 Å². The molecule has 2 aromatic rings. The molecule has 3 nitrogen and oxygen atoms in total. The molecule has 0 amide bonds. The van der Waals surface area contributed by atoms with E-state index in [0.717, 1.165) is 25.7 Å². The number of alkyl halides is 2. The predicted molar refractivity (Wildman–Crippen MR) is 114 cm³/mol. The molecule has 2 atom stereocenters. The van der Waals surface area contributed by atoms with E-state index in [9.17, 15) is 8.78 Å². The molecular formula is C25H28F4O3. The number of fused-ring (bicyclic) bond motifs is 3. The van der Waals surface area contributed by atoms with Crippen LogP contribution in [-0.2, 0) is 4.74 Å². The summed E-state index contributed by atoms with van der Waals surface area (Å²) in [5.41, 5.74) is -0.603. The van der Waals surface area contributed by atoms with Gasteiger partial charge in [-0.1, -0.05) is 12.1 Å². The quantitative estimate of drug-likeness (QED) is 0.422. The van der Waals surface area contributed by atoms with Crippen LogP contribution in [0.15, 0.2) is 24.3 Å². The minimum absolute atomic E-state index is 0.111. The van der Waals surface area contributed by atoms with E-state index in [4.69, 9.17) is 14.2 Å². The van der Waals surface area contributed by atoms with E-state index in [1.54, 1.807) is 6.92 Å². The molecule has 2 aliphatic carbocycles. The van der Waals surface area contributed by atoms with Crippen molar-refractivity contribution in [2.45, 2.75) is 58.0 Å². The molecule has 0 saturated heterocycles. The number of ether oxygens (including phenoxy) is 3. The normalized spacial score (nSPS) is 24.6. The van der Waals surface area contributed by atoms with Gasteiger partial charge in [0.05, 0.1) is 19.3 Å². The first kappa shape index (κ1) is 22.9. The number of benzene rings is 2. The Morgan fingerprint density at radius 2 is 1.28 bits per heavy atom. The molecule has 0 bridgehead atoms. The van der Waals surface area contributed by atoms with E-state index in [1.165, 1.54) is 24.3 Å². The fourth-order valence-corrected chi connectivity index (χ4v) is 4.73. The minimum atomic E-state index is -2.34. The Bertz CT molecular complexity index is 957. The molecule has 0 aliphatic heterocycles. The van der Waals surface area contributed by atoms with Crippen molar-refractivity contribution in [3.05, 3.63) is 47.0 Å². The van der Waals surface area contributed by atoms with Gasteiger partial charge in [0.25, 0.3) is 0 Å². The Morgan fingerprint density at radius 3 is 1.78 bits per heavy atom. The molecule has 0 radical (unpaired) electrons. The Kier molecular flexibility index (Phi) is 6.93. The van der Waals surface area contributed by atoms with Crippen LogP contribution in [0.1, 0.15) is 63.0 Å². The van der Waals surface area contributed by atoms with Crippen LogP contribution in [0.4, 0.5) is 17.6 Å². The number of rotatable bonds is 7. The number of hydrogen-bond acceptors (Lipinski definition) is 3. The first-order valence-corrected chi connectivity index (χ1v) is 11.3. The minimum Gasteiger partial charge on any atom is -0.491 e. The summed E-state index contributed by atoms with van der Waals surface area (Å²) in [6, 6.07) is 5.67. The molecule has 1 saturated carbocycles. The molecule has 174 valence electrons. The third-order valence-corrected chi connectivity index (χ3v) is 6.36. The van der Waals surface area contributed by atoms with Gasteiger partial charge in [0.15, 0.2) is 35.5 Å². The third-order valence-electron chi connectivity index (χ3n) is 6.36. The maximum Gasteiger partial charge on any atom is 0.171 e. The lowest BCUT2D eigenvalue weighted by atomic mass is 9.82. The van der Waals surface area contributed by atoms with Crippen molar-refractivity contribution >= 4 is 0 Å². The molecule has 0 aromatic heterocycles. The van der Waals surface area contributed by atoms with Crippen molar-refractivity contribution in [2.75, 3.05) is 19.8 Å². The van der Waals surface area contributed by atoms with Crippen molar-refractivity contribution in [3.63, 3.8) is 0 Å². The van der Waals surface area contributed by atoms with Gasteiger partial charge in [0.2, 0.25) is 0 Å². The van der Waals surface area contributed by atoms with Gasteiger partial charge in [-0.05, 0) is 68.7 Å². The molecule has 0 heterocycles. The summed E-state index contributed by atoms with van der Waals surface area (Å²) >= 11 is 0. The van der Waals surface area contributed by atoms with E-state index in [1.807, 2.05) is 6.92 Å². The second-order valence-corrected chi connectivity index (χ2v) is 8.32. The lowest BCUT2D eigenvalue weighted by molar-refractivity contribution is 0.0197. The van der Waals surface area contributed by atoms with E-state index >= 15 is 8.78 Å². The molecule has 0 spiro atoms. The van der Waals surface area contributed by atoms with Gasteiger partial charge in [0, 0.05) is 17.7 Å². The van der Waals surface area contributed by atoms with Gasteiger partial charge in [0.1, 0.15) is 0 Å². The Balaban J connectivity index is 1.56. The summed E-state index contributed by atoms with van der Waals surface area (Å²) in [7, 11) is 0. The van der Waals surface area contributed by atoms with Crippen molar-refractivity contribution in [1.29, 1.82) is 0 Å². The summed E-state index contributed by atoms with van der Waals surface area (Å²) in [6.07, 6.45) is -0.748. The highest BCUT2D eigenvalue weighted by atomic mass is 19.2. The third kappa shape index (κ3) is 4.19. The molecule has 32 heavy (non-hydrogen) atoms. The zero-order valence-corrected chi connectivity index (χ0v) is 18.3. The zero-order valence-electron chi connectivity index (χ0n) is 18.3. The topological polar surface area (TPSA) is 27.7 Å². The van der Waals surface area contributed by atoms with Gasteiger partial charge in [-0.15, -0.1) is 0 Å². The maximum absolute atomic E-state index is 15.2. The molecule has 2 aliphatic rings. The highest BCUT2D eigenvalue weighted by Gasteiger charge is 2.40. The molecule has 0 N–H and O–H groups in total. The summed E-state index contributed by atoms with van der Waals surface area (Å²) < 4.78 is 76.4. The molecular weight excluding hydrogens is 424 g/mol. The standard InChI is InChI=1S/C25H28F4O3/c1-3-30-15-7-5-14(6-8-15)13-32-19-12-10-17-16-9-11-18(31-4-2)22(26)20(16)24(28)25(29)21(17)23(19)27/h9-12,14-15,24-25H,3-8,13H2,1-2H3. The largest absolute Gasteiger partial charge is 0.491 e. The second kappa shape index (κ2) is 9.69. The lowest BCUT2D eigenvalue weighted by Crippen LogP contribution is -2.25. The average molecular weight is 452 g/mol. The van der Waals surface area contributed by atoms with Crippen LogP contribution in [0, 0.1) is 17.6 Å². The fraction of sp³-hybridized carbons (Fsp3) is 0.520. The Hall–Kier alpha value is -2.28. The van der Waals surface area contributed by atoms with Crippen LogP contribution < -0.4 is 9.47 Å². The van der Waals surface area contributed by atoms with Gasteiger partial charge < -0.3 is 14.2 Å². The van der Waals surface area contributed by atoms with Crippen molar-refractivity contribution < 1.29 is 31.8 Å². The Morgan fingerprint density at radius 1 is 0.750 bits per heavy atom. The summed E-state index contributed by atoms with van der Waals surface area (Å²) in [4.78, 5) is 0. The van der Waals surface area contributed by atoms with Gasteiger partial charge in [-0.2, -0.15) is 0 Å². The maximum atomic E-state index is 15.2. The monoisotopic (exact) mass is 452 g/mol. The molecule has 2 unspecified atom stereocenters. The summed E-state index contributed by atoms with van der Waals surface area (Å²) in [5, 5.41) is 0. The predicted octanol–water partition coefficient (Wildman–Crippen LogP) is 7.04. The van der Waals surface area contributed by atoms with Crippen LogP contribution in [0.3, 0.4) is 0 Å². The van der Waals surface area contributed by atoms with E-state index < -0.39 is 35.1 Å². The highest BCUT2D eigenvalue weighted by molar-refractivity contribution is 5.76. The zero-order chi connectivity index (χ0) is 22.8. The van der Waals surface area contributed by atoms with Crippen molar-refractivity contribution in [3.8, 4) is 22.6 Å². The molecule has 7 heteroatoms. The van der Waals surface area contributed by atoms with Crippen LogP contribution in [-0.4, -0.2) is 25.9 Å². The summed E-state index contributed by atoms with van der Waals surface area (Å²) in [5.74, 6) is -1.89.